The standard InChI is InChI=1S/C19H18ClN3O4/c20-17-12-14(6-9-16(17)19(25)22-10-2-1-3-11-22)21-18(24)13-4-7-15(8-5-13)23(26)27/h4-9,12H,1-3,10-11H2,(H,21,24). The van der Waals surface area contributed by atoms with E-state index in [-0.39, 0.29) is 22.2 Å². The molecule has 7 nitrogen and oxygen atoms in total. The molecule has 1 aliphatic rings. The van der Waals surface area contributed by atoms with Gasteiger partial charge in [0.15, 0.2) is 0 Å². The van der Waals surface area contributed by atoms with Crippen LogP contribution in [0.4, 0.5) is 11.4 Å². The minimum absolute atomic E-state index is 0.0878. The zero-order chi connectivity index (χ0) is 19.4. The fourth-order valence-corrected chi connectivity index (χ4v) is 3.23. The number of carbonyl (C=O) groups is 2. The van der Waals surface area contributed by atoms with Crippen molar-refractivity contribution in [2.45, 2.75) is 19.3 Å². The largest absolute Gasteiger partial charge is 0.339 e. The third-order valence-electron chi connectivity index (χ3n) is 4.44. The molecule has 2 aromatic carbocycles. The van der Waals surface area contributed by atoms with E-state index in [0.29, 0.717) is 11.3 Å². The van der Waals surface area contributed by atoms with Gasteiger partial charge >= 0.3 is 0 Å². The van der Waals surface area contributed by atoms with Crippen molar-refractivity contribution in [3.63, 3.8) is 0 Å². The summed E-state index contributed by atoms with van der Waals surface area (Å²) in [6.07, 6.45) is 3.12. The van der Waals surface area contributed by atoms with Gasteiger partial charge in [-0.1, -0.05) is 11.6 Å². The minimum atomic E-state index is -0.528. The maximum Gasteiger partial charge on any atom is 0.269 e. The Balaban J connectivity index is 1.70. The van der Waals surface area contributed by atoms with E-state index in [0.717, 1.165) is 32.4 Å². The lowest BCUT2D eigenvalue weighted by molar-refractivity contribution is -0.384. The highest BCUT2D eigenvalue weighted by atomic mass is 35.5. The van der Waals surface area contributed by atoms with Crippen LogP contribution in [0.5, 0.6) is 0 Å². The Morgan fingerprint density at radius 3 is 2.30 bits per heavy atom. The normalized spacial score (nSPS) is 13.9. The van der Waals surface area contributed by atoms with E-state index in [1.807, 2.05) is 0 Å². The minimum Gasteiger partial charge on any atom is -0.339 e. The van der Waals surface area contributed by atoms with E-state index >= 15 is 0 Å². The molecule has 2 amide bonds. The summed E-state index contributed by atoms with van der Waals surface area (Å²) < 4.78 is 0. The van der Waals surface area contributed by atoms with Crippen LogP contribution >= 0.6 is 11.6 Å². The summed E-state index contributed by atoms with van der Waals surface area (Å²) in [6, 6.07) is 10.0. The first-order valence-electron chi connectivity index (χ1n) is 8.60. The number of nitro groups is 1. The van der Waals surface area contributed by atoms with Crippen molar-refractivity contribution in [1.29, 1.82) is 0 Å². The highest BCUT2D eigenvalue weighted by molar-refractivity contribution is 6.34. The maximum atomic E-state index is 12.6. The van der Waals surface area contributed by atoms with Crippen LogP contribution in [0.1, 0.15) is 40.0 Å². The summed E-state index contributed by atoms with van der Waals surface area (Å²) in [5.41, 5.74) is 1.05. The Morgan fingerprint density at radius 1 is 1.04 bits per heavy atom. The molecule has 3 rings (SSSR count). The molecule has 1 aliphatic heterocycles. The van der Waals surface area contributed by atoms with Gasteiger partial charge in [-0.2, -0.15) is 0 Å². The molecule has 0 unspecified atom stereocenters. The van der Waals surface area contributed by atoms with Crippen LogP contribution in [0, 0.1) is 10.1 Å². The molecule has 1 saturated heterocycles. The smallest absolute Gasteiger partial charge is 0.269 e. The number of benzene rings is 2. The molecule has 0 aromatic heterocycles. The average Bonchev–Trinajstić information content (AvgIpc) is 2.68. The lowest BCUT2D eigenvalue weighted by atomic mass is 10.1. The summed E-state index contributed by atoms with van der Waals surface area (Å²) in [5, 5.41) is 13.6. The van der Waals surface area contributed by atoms with Crippen molar-refractivity contribution >= 4 is 34.8 Å². The summed E-state index contributed by atoms with van der Waals surface area (Å²) in [7, 11) is 0. The molecule has 8 heteroatoms. The maximum absolute atomic E-state index is 12.6. The van der Waals surface area contributed by atoms with Crippen molar-refractivity contribution in [2.75, 3.05) is 18.4 Å². The molecule has 1 fully saturated rings. The topological polar surface area (TPSA) is 92.6 Å². The van der Waals surface area contributed by atoms with Crippen LogP contribution in [0.15, 0.2) is 42.5 Å². The summed E-state index contributed by atoms with van der Waals surface area (Å²) in [5.74, 6) is -0.524. The van der Waals surface area contributed by atoms with Gasteiger partial charge < -0.3 is 10.2 Å². The first kappa shape index (κ1) is 18.8. The second-order valence-electron chi connectivity index (χ2n) is 6.31. The van der Waals surface area contributed by atoms with Crippen molar-refractivity contribution in [1.82, 2.24) is 4.90 Å². The monoisotopic (exact) mass is 387 g/mol. The van der Waals surface area contributed by atoms with Crippen LogP contribution < -0.4 is 5.32 Å². The first-order chi connectivity index (χ1) is 13.0. The number of likely N-dealkylation sites (tertiary alicyclic amines) is 1. The number of rotatable bonds is 4. The molecule has 0 atom stereocenters. The van der Waals surface area contributed by atoms with Gasteiger partial charge in [-0.25, -0.2) is 0 Å². The fourth-order valence-electron chi connectivity index (χ4n) is 2.97. The van der Waals surface area contributed by atoms with Gasteiger partial charge in [0.05, 0.1) is 15.5 Å². The number of anilines is 1. The van der Waals surface area contributed by atoms with Crippen molar-refractivity contribution < 1.29 is 14.5 Å². The molecule has 0 radical (unpaired) electrons. The second-order valence-corrected chi connectivity index (χ2v) is 6.71. The zero-order valence-corrected chi connectivity index (χ0v) is 15.2. The number of non-ortho nitro benzene ring substituents is 1. The van der Waals surface area contributed by atoms with Gasteiger partial charge in [-0.05, 0) is 49.6 Å². The van der Waals surface area contributed by atoms with Crippen molar-refractivity contribution in [3.05, 3.63) is 68.7 Å². The Morgan fingerprint density at radius 2 is 1.70 bits per heavy atom. The van der Waals surface area contributed by atoms with E-state index < -0.39 is 10.8 Å². The number of nitrogens with one attached hydrogen (secondary N) is 1. The number of halogens is 1. The van der Waals surface area contributed by atoms with Crippen LogP contribution in [0.25, 0.3) is 0 Å². The summed E-state index contributed by atoms with van der Waals surface area (Å²) >= 11 is 6.25. The SMILES string of the molecule is O=C(Nc1ccc(C(=O)N2CCCCC2)c(Cl)c1)c1ccc([N+](=O)[O-])cc1. The lowest BCUT2D eigenvalue weighted by Crippen LogP contribution is -2.35. The number of hydrogen-bond acceptors (Lipinski definition) is 4. The molecule has 0 bridgehead atoms. The number of piperidine rings is 1. The molecular weight excluding hydrogens is 370 g/mol. The van der Waals surface area contributed by atoms with Gasteiger partial charge in [0, 0.05) is 36.5 Å². The van der Waals surface area contributed by atoms with E-state index in [2.05, 4.69) is 5.32 Å². The van der Waals surface area contributed by atoms with Gasteiger partial charge in [0.25, 0.3) is 17.5 Å². The molecule has 1 heterocycles. The third-order valence-corrected chi connectivity index (χ3v) is 4.75. The van der Waals surface area contributed by atoms with E-state index in [9.17, 15) is 19.7 Å². The molecule has 2 aromatic rings. The number of hydrogen-bond donors (Lipinski definition) is 1. The molecule has 1 N–H and O–H groups in total. The Hall–Kier alpha value is -2.93. The molecule has 27 heavy (non-hydrogen) atoms. The molecule has 140 valence electrons. The van der Waals surface area contributed by atoms with Crippen LogP contribution in [0.3, 0.4) is 0 Å². The fraction of sp³-hybridized carbons (Fsp3) is 0.263. The number of nitrogens with zero attached hydrogens (tertiary/aromatic N) is 2. The Kier molecular flexibility index (Phi) is 5.71. The molecular formula is C19H18ClN3O4. The van der Waals surface area contributed by atoms with Crippen molar-refractivity contribution in [3.8, 4) is 0 Å². The number of carbonyl (C=O) groups excluding carboxylic acids is 2. The van der Waals surface area contributed by atoms with E-state index in [1.165, 1.54) is 30.3 Å². The summed E-state index contributed by atoms with van der Waals surface area (Å²) in [4.78, 5) is 36.8. The Labute approximate surface area is 161 Å². The Bertz CT molecular complexity index is 877. The van der Waals surface area contributed by atoms with Crippen LogP contribution in [-0.2, 0) is 0 Å². The average molecular weight is 388 g/mol. The lowest BCUT2D eigenvalue weighted by Gasteiger charge is -2.27. The van der Waals surface area contributed by atoms with Crippen LogP contribution in [0.2, 0.25) is 5.02 Å². The number of nitro benzene ring substituents is 1. The van der Waals surface area contributed by atoms with Gasteiger partial charge in [-0.15, -0.1) is 0 Å². The summed E-state index contributed by atoms with van der Waals surface area (Å²) in [6.45, 7) is 1.46. The highest BCUT2D eigenvalue weighted by Gasteiger charge is 2.20. The van der Waals surface area contributed by atoms with Crippen LogP contribution in [-0.4, -0.2) is 34.7 Å². The quantitative estimate of drug-likeness (QED) is 0.630. The van der Waals surface area contributed by atoms with Gasteiger partial charge in [0.2, 0.25) is 0 Å². The molecule has 0 spiro atoms. The van der Waals surface area contributed by atoms with E-state index in [1.54, 1.807) is 17.0 Å². The van der Waals surface area contributed by atoms with E-state index in [4.69, 9.17) is 11.6 Å². The predicted molar refractivity (Wildman–Crippen MR) is 102 cm³/mol. The second kappa shape index (κ2) is 8.18. The number of amides is 2. The zero-order valence-electron chi connectivity index (χ0n) is 14.5. The molecule has 0 aliphatic carbocycles. The highest BCUT2D eigenvalue weighted by Crippen LogP contribution is 2.24. The van der Waals surface area contributed by atoms with Gasteiger partial charge in [-0.3, -0.25) is 19.7 Å². The predicted octanol–water partition coefficient (Wildman–Crippen LogP) is 4.13. The third kappa shape index (κ3) is 4.43. The van der Waals surface area contributed by atoms with Gasteiger partial charge in [0.1, 0.15) is 0 Å². The first-order valence-corrected chi connectivity index (χ1v) is 8.98. The molecule has 0 saturated carbocycles. The van der Waals surface area contributed by atoms with Crippen molar-refractivity contribution in [2.24, 2.45) is 0 Å².